The van der Waals surface area contributed by atoms with E-state index in [1.165, 1.54) is 24.9 Å². The molecule has 7 nitrogen and oxygen atoms in total. The molecule has 3 rings (SSSR count). The van der Waals surface area contributed by atoms with Crippen LogP contribution >= 0.6 is 11.8 Å². The number of carbonyl (C=O) groups is 1. The summed E-state index contributed by atoms with van der Waals surface area (Å²) in [5.41, 5.74) is 0.723. The Bertz CT molecular complexity index is 932. The number of nitrogens with one attached hydrogen (secondary N) is 2. The molecule has 1 aliphatic rings. The van der Waals surface area contributed by atoms with Crippen LogP contribution in [0.1, 0.15) is 23.5 Å². The number of aromatic hydroxyl groups is 1. The summed E-state index contributed by atoms with van der Waals surface area (Å²) >= 11 is 1.21. The van der Waals surface area contributed by atoms with E-state index in [1.807, 2.05) is 0 Å². The quantitative estimate of drug-likeness (QED) is 0.437. The van der Waals surface area contributed by atoms with Crippen molar-refractivity contribution in [1.82, 2.24) is 9.97 Å². The number of rotatable bonds is 4. The van der Waals surface area contributed by atoms with E-state index in [2.05, 4.69) is 21.2 Å². The summed E-state index contributed by atoms with van der Waals surface area (Å²) in [5, 5.41) is 12.7. The summed E-state index contributed by atoms with van der Waals surface area (Å²) in [6.45, 7) is 0. The molecule has 1 amide bonds. The van der Waals surface area contributed by atoms with E-state index in [0.29, 0.717) is 22.0 Å². The Hall–Kier alpha value is -2.92. The number of phenolic OH excluding ortho intramolecular Hbond substituents is 1. The molecule has 0 spiro atoms. The summed E-state index contributed by atoms with van der Waals surface area (Å²) in [6, 6.07) is 4.74. The molecular formula is C17H15N3O4S. The van der Waals surface area contributed by atoms with Crippen LogP contribution in [0.25, 0.3) is 0 Å². The summed E-state index contributed by atoms with van der Waals surface area (Å²) in [7, 11) is 1.43. The Morgan fingerprint density at radius 1 is 1.48 bits per heavy atom. The summed E-state index contributed by atoms with van der Waals surface area (Å²) in [5.74, 6) is 2.58. The molecule has 0 saturated carbocycles. The van der Waals surface area contributed by atoms with Crippen molar-refractivity contribution in [3.05, 3.63) is 39.7 Å². The Morgan fingerprint density at radius 2 is 2.28 bits per heavy atom. The van der Waals surface area contributed by atoms with Gasteiger partial charge >= 0.3 is 0 Å². The molecule has 25 heavy (non-hydrogen) atoms. The standard InChI is InChI=1S/C17H15N3O4S/c1-3-6-25-17-19-15-14(16(23)20-17)10(8-13(22)18-15)9-4-5-11(21)12(7-9)24-2/h1,4-5,7,10,21H,6,8H2,2H3,(H2,18,19,20,22,23)/t10-/m0/s1. The highest BCUT2D eigenvalue weighted by molar-refractivity contribution is 7.99. The topological polar surface area (TPSA) is 104 Å². The van der Waals surface area contributed by atoms with Crippen molar-refractivity contribution < 1.29 is 14.6 Å². The molecule has 2 heterocycles. The number of amides is 1. The van der Waals surface area contributed by atoms with Gasteiger partial charge in [-0.2, -0.15) is 0 Å². The van der Waals surface area contributed by atoms with E-state index in [1.54, 1.807) is 12.1 Å². The number of nitrogens with zero attached hydrogens (tertiary/aromatic N) is 1. The number of thioether (sulfide) groups is 1. The van der Waals surface area contributed by atoms with Gasteiger partial charge in [0.1, 0.15) is 5.82 Å². The monoisotopic (exact) mass is 357 g/mol. The minimum Gasteiger partial charge on any atom is -0.504 e. The van der Waals surface area contributed by atoms with Crippen LogP contribution in [0.2, 0.25) is 0 Å². The van der Waals surface area contributed by atoms with Crippen molar-refractivity contribution in [2.75, 3.05) is 18.2 Å². The summed E-state index contributed by atoms with van der Waals surface area (Å²) in [6.07, 6.45) is 5.32. The first-order valence-corrected chi connectivity index (χ1v) is 8.39. The van der Waals surface area contributed by atoms with Gasteiger partial charge in [0, 0.05) is 12.3 Å². The van der Waals surface area contributed by atoms with Gasteiger partial charge in [0.15, 0.2) is 16.7 Å². The molecule has 0 saturated heterocycles. The normalized spacial score (nSPS) is 15.8. The van der Waals surface area contributed by atoms with Gasteiger partial charge in [0.25, 0.3) is 5.56 Å². The van der Waals surface area contributed by atoms with Crippen molar-refractivity contribution in [3.63, 3.8) is 0 Å². The van der Waals surface area contributed by atoms with Gasteiger partial charge in [0.2, 0.25) is 5.91 Å². The highest BCUT2D eigenvalue weighted by atomic mass is 32.2. The van der Waals surface area contributed by atoms with Crippen LogP contribution in [-0.4, -0.2) is 33.8 Å². The van der Waals surface area contributed by atoms with Gasteiger partial charge < -0.3 is 20.1 Å². The fraction of sp³-hybridized carbons (Fsp3) is 0.235. The van der Waals surface area contributed by atoms with Crippen LogP contribution in [0.3, 0.4) is 0 Å². The average Bonchev–Trinajstić information content (AvgIpc) is 2.59. The van der Waals surface area contributed by atoms with Crippen LogP contribution in [0.15, 0.2) is 28.2 Å². The van der Waals surface area contributed by atoms with Crippen molar-refractivity contribution in [3.8, 4) is 23.8 Å². The first-order chi connectivity index (χ1) is 12.0. The lowest BCUT2D eigenvalue weighted by Crippen LogP contribution is -2.31. The van der Waals surface area contributed by atoms with E-state index in [9.17, 15) is 14.7 Å². The highest BCUT2D eigenvalue weighted by Crippen LogP contribution is 2.37. The number of terminal acetylenes is 1. The number of ether oxygens (including phenoxy) is 1. The van der Waals surface area contributed by atoms with E-state index >= 15 is 0 Å². The lowest BCUT2D eigenvalue weighted by Gasteiger charge is -2.24. The Balaban J connectivity index is 2.09. The molecular weight excluding hydrogens is 342 g/mol. The van der Waals surface area contributed by atoms with Gasteiger partial charge in [-0.3, -0.25) is 9.59 Å². The van der Waals surface area contributed by atoms with Crippen LogP contribution in [0.4, 0.5) is 5.82 Å². The van der Waals surface area contributed by atoms with Crippen LogP contribution in [-0.2, 0) is 4.79 Å². The van der Waals surface area contributed by atoms with Crippen molar-refractivity contribution in [1.29, 1.82) is 0 Å². The molecule has 2 aromatic rings. The molecule has 0 radical (unpaired) electrons. The number of hydrogen-bond donors (Lipinski definition) is 3. The van der Waals surface area contributed by atoms with Crippen molar-refractivity contribution in [2.24, 2.45) is 0 Å². The number of carbonyl (C=O) groups excluding carboxylic acids is 1. The Labute approximate surface area is 147 Å². The summed E-state index contributed by atoms with van der Waals surface area (Å²) < 4.78 is 5.11. The molecule has 1 aliphatic heterocycles. The maximum Gasteiger partial charge on any atom is 0.257 e. The first-order valence-electron chi connectivity index (χ1n) is 7.40. The third kappa shape index (κ3) is 3.32. The number of fused-ring (bicyclic) bond motifs is 1. The minimum atomic E-state index is -0.485. The molecule has 128 valence electrons. The fourth-order valence-corrected chi connectivity index (χ4v) is 3.27. The summed E-state index contributed by atoms with van der Waals surface area (Å²) in [4.78, 5) is 31.6. The van der Waals surface area contributed by atoms with Gasteiger partial charge in [-0.05, 0) is 17.7 Å². The number of aromatic amines is 1. The maximum atomic E-state index is 12.6. The van der Waals surface area contributed by atoms with Crippen LogP contribution < -0.4 is 15.6 Å². The van der Waals surface area contributed by atoms with E-state index < -0.39 is 5.92 Å². The largest absolute Gasteiger partial charge is 0.504 e. The van der Waals surface area contributed by atoms with E-state index in [0.717, 1.165) is 0 Å². The van der Waals surface area contributed by atoms with Gasteiger partial charge in [0.05, 0.1) is 18.4 Å². The number of anilines is 1. The molecule has 0 bridgehead atoms. The number of aromatic nitrogens is 2. The molecule has 0 unspecified atom stereocenters. The number of benzene rings is 1. The number of methoxy groups -OCH3 is 1. The SMILES string of the molecule is C#CCSc1nc2c(c(=O)[nH]1)[C@H](c1ccc(O)c(OC)c1)CC(=O)N2. The van der Waals surface area contributed by atoms with Crippen LogP contribution in [0.5, 0.6) is 11.5 Å². The Kier molecular flexibility index (Phi) is 4.67. The first kappa shape index (κ1) is 16.9. The zero-order valence-electron chi connectivity index (χ0n) is 13.3. The van der Waals surface area contributed by atoms with Gasteiger partial charge in [-0.1, -0.05) is 23.7 Å². The Morgan fingerprint density at radius 3 is 3.00 bits per heavy atom. The van der Waals surface area contributed by atoms with E-state index in [4.69, 9.17) is 11.2 Å². The fourth-order valence-electron chi connectivity index (χ4n) is 2.72. The van der Waals surface area contributed by atoms with Crippen molar-refractivity contribution >= 4 is 23.5 Å². The predicted molar refractivity (Wildman–Crippen MR) is 94.2 cm³/mol. The molecule has 0 fully saturated rings. The smallest absolute Gasteiger partial charge is 0.257 e. The molecule has 3 N–H and O–H groups in total. The zero-order chi connectivity index (χ0) is 18.0. The molecule has 1 aromatic heterocycles. The zero-order valence-corrected chi connectivity index (χ0v) is 14.1. The molecule has 8 heteroatoms. The van der Waals surface area contributed by atoms with E-state index in [-0.39, 0.29) is 35.2 Å². The second-order valence-corrected chi connectivity index (χ2v) is 6.33. The van der Waals surface area contributed by atoms with Gasteiger partial charge in [-0.15, -0.1) is 6.42 Å². The predicted octanol–water partition coefficient (Wildman–Crippen LogP) is 1.68. The third-order valence-corrected chi connectivity index (χ3v) is 4.61. The molecule has 1 aromatic carbocycles. The average molecular weight is 357 g/mol. The second-order valence-electron chi connectivity index (χ2n) is 5.36. The molecule has 1 atom stereocenters. The second kappa shape index (κ2) is 6.91. The lowest BCUT2D eigenvalue weighted by molar-refractivity contribution is -0.116. The number of phenols is 1. The van der Waals surface area contributed by atoms with Gasteiger partial charge in [-0.25, -0.2) is 4.98 Å². The lowest BCUT2D eigenvalue weighted by atomic mass is 9.86. The maximum absolute atomic E-state index is 12.6. The van der Waals surface area contributed by atoms with Crippen LogP contribution in [0, 0.1) is 12.3 Å². The third-order valence-electron chi connectivity index (χ3n) is 3.83. The minimum absolute atomic E-state index is 0.0141. The number of H-pyrrole nitrogens is 1. The highest BCUT2D eigenvalue weighted by Gasteiger charge is 2.31. The van der Waals surface area contributed by atoms with Crippen molar-refractivity contribution in [2.45, 2.75) is 17.5 Å². The number of hydrogen-bond acceptors (Lipinski definition) is 6. The molecule has 0 aliphatic carbocycles.